The normalized spacial score (nSPS) is 13.5. The minimum Gasteiger partial charge on any atom is -0.318 e. The molecular weight excluding hydrogens is 430 g/mol. The Bertz CT molecular complexity index is 1330. The molecule has 1 aromatic carbocycles. The zero-order valence-corrected chi connectivity index (χ0v) is 20.2. The van der Waals surface area contributed by atoms with E-state index in [-0.39, 0.29) is 5.78 Å². The predicted molar refractivity (Wildman–Crippen MR) is 131 cm³/mol. The molecule has 0 atom stereocenters. The van der Waals surface area contributed by atoms with E-state index in [1.807, 2.05) is 31.3 Å². The number of nitrogens with zero attached hydrogens (tertiary/aromatic N) is 5. The van der Waals surface area contributed by atoms with Crippen LogP contribution in [0.5, 0.6) is 0 Å². The van der Waals surface area contributed by atoms with Gasteiger partial charge in [0, 0.05) is 46.6 Å². The molecule has 1 aliphatic rings. The monoisotopic (exact) mass is 457 g/mol. The topological polar surface area (TPSA) is 65.6 Å². The quantitative estimate of drug-likeness (QED) is 0.264. The molecule has 6 nitrogen and oxygen atoms in total. The van der Waals surface area contributed by atoms with Crippen LogP contribution in [0.25, 0.3) is 17.1 Å². The Morgan fingerprint density at radius 3 is 2.58 bits per heavy atom. The van der Waals surface area contributed by atoms with Crippen LogP contribution in [0.2, 0.25) is 0 Å². The number of thioether (sulfide) groups is 1. The van der Waals surface area contributed by atoms with E-state index in [2.05, 4.69) is 63.3 Å². The van der Waals surface area contributed by atoms with Crippen LogP contribution in [0.4, 0.5) is 0 Å². The van der Waals surface area contributed by atoms with Gasteiger partial charge in [0.2, 0.25) is 0 Å². The number of benzene rings is 1. The lowest BCUT2D eigenvalue weighted by atomic mass is 10.1. The fraction of sp³-hybridized carbons (Fsp3) is 0.308. The van der Waals surface area contributed by atoms with Crippen LogP contribution in [0.1, 0.15) is 51.8 Å². The fourth-order valence-corrected chi connectivity index (χ4v) is 5.13. The van der Waals surface area contributed by atoms with E-state index in [9.17, 15) is 4.79 Å². The summed E-state index contributed by atoms with van der Waals surface area (Å²) >= 11 is 1.47. The second-order valence-corrected chi connectivity index (χ2v) is 9.69. The molecule has 3 aromatic heterocycles. The summed E-state index contributed by atoms with van der Waals surface area (Å²) < 4.78 is 4.34. The summed E-state index contributed by atoms with van der Waals surface area (Å²) in [5, 5.41) is 9.65. The molecule has 0 saturated heterocycles. The van der Waals surface area contributed by atoms with E-state index in [4.69, 9.17) is 0 Å². The van der Waals surface area contributed by atoms with Gasteiger partial charge < -0.3 is 4.57 Å². The molecule has 0 bridgehead atoms. The first-order valence-corrected chi connectivity index (χ1v) is 12.2. The van der Waals surface area contributed by atoms with Gasteiger partial charge in [-0.1, -0.05) is 17.8 Å². The number of carbonyl (C=O) groups is 1. The van der Waals surface area contributed by atoms with E-state index in [0.29, 0.717) is 11.8 Å². The highest BCUT2D eigenvalue weighted by Crippen LogP contribution is 2.41. The lowest BCUT2D eigenvalue weighted by molar-refractivity contribution is 0.102. The number of aromatic nitrogens is 5. The number of aryl methyl sites for hydroxylation is 3. The highest BCUT2D eigenvalue weighted by molar-refractivity contribution is 7.99. The first kappa shape index (κ1) is 21.6. The summed E-state index contributed by atoms with van der Waals surface area (Å²) in [5.41, 5.74) is 7.35. The van der Waals surface area contributed by atoms with Gasteiger partial charge in [0.25, 0.3) is 0 Å². The summed E-state index contributed by atoms with van der Waals surface area (Å²) in [5.74, 6) is 1.26. The van der Waals surface area contributed by atoms with Gasteiger partial charge in [0.15, 0.2) is 16.8 Å². The van der Waals surface area contributed by atoms with Crippen LogP contribution < -0.4 is 0 Å². The lowest BCUT2D eigenvalue weighted by Gasteiger charge is -2.12. The Balaban J connectivity index is 1.38. The maximum Gasteiger partial charge on any atom is 0.192 e. The highest BCUT2D eigenvalue weighted by Gasteiger charge is 2.30. The number of pyridine rings is 1. The average Bonchev–Trinajstić information content (AvgIpc) is 3.49. The van der Waals surface area contributed by atoms with Crippen molar-refractivity contribution < 1.29 is 4.79 Å². The first-order valence-electron chi connectivity index (χ1n) is 11.2. The summed E-state index contributed by atoms with van der Waals surface area (Å²) in [6.45, 7) is 8.30. The summed E-state index contributed by atoms with van der Waals surface area (Å²) in [4.78, 5) is 17.4. The number of hydrogen-bond donors (Lipinski definition) is 0. The molecule has 0 N–H and O–H groups in total. The third-order valence-corrected chi connectivity index (χ3v) is 7.25. The third kappa shape index (κ3) is 4.13. The number of Topliss-reactive ketones (excluding diaryl/α,β-unsaturated/α-hetero) is 1. The van der Waals surface area contributed by atoms with Gasteiger partial charge in [0.1, 0.15) is 0 Å². The summed E-state index contributed by atoms with van der Waals surface area (Å²) in [7, 11) is 0. The van der Waals surface area contributed by atoms with Crippen molar-refractivity contribution >= 4 is 17.5 Å². The van der Waals surface area contributed by atoms with E-state index in [1.165, 1.54) is 22.9 Å². The number of carbonyl (C=O) groups excluding carboxylic acids is 1. The summed E-state index contributed by atoms with van der Waals surface area (Å²) in [6.07, 6.45) is 5.79. The Morgan fingerprint density at radius 2 is 1.88 bits per heavy atom. The van der Waals surface area contributed by atoms with Gasteiger partial charge in [-0.25, -0.2) is 0 Å². The van der Waals surface area contributed by atoms with E-state index in [1.54, 1.807) is 6.20 Å². The molecule has 0 aliphatic heterocycles. The zero-order chi connectivity index (χ0) is 23.1. The van der Waals surface area contributed by atoms with Crippen molar-refractivity contribution in [1.29, 1.82) is 0 Å². The molecule has 0 amide bonds. The Kier molecular flexibility index (Phi) is 5.66. The number of hydrogen-bond acceptors (Lipinski definition) is 5. The van der Waals surface area contributed by atoms with Crippen LogP contribution >= 0.6 is 11.8 Å². The van der Waals surface area contributed by atoms with Crippen molar-refractivity contribution in [3.63, 3.8) is 0 Å². The molecule has 4 aromatic rings. The molecule has 1 aliphatic carbocycles. The maximum atomic E-state index is 13.2. The van der Waals surface area contributed by atoms with Crippen LogP contribution in [-0.2, 0) is 0 Å². The van der Waals surface area contributed by atoms with Gasteiger partial charge in [-0.05, 0) is 82.0 Å². The van der Waals surface area contributed by atoms with Gasteiger partial charge >= 0.3 is 0 Å². The van der Waals surface area contributed by atoms with Gasteiger partial charge in [-0.15, -0.1) is 10.2 Å². The molecule has 5 rings (SSSR count). The standard InChI is InChI=1S/C26H27N5OS/c1-16-7-8-22(12-17(16)2)30-18(3)13-23(19(30)4)24(32)15-33-26-29-28-25(31(26)21-9-10-21)20-6-5-11-27-14-20/h5-8,11-14,21H,9-10,15H2,1-4H3. The van der Waals surface area contributed by atoms with Crippen LogP contribution in [-0.4, -0.2) is 35.9 Å². The molecule has 168 valence electrons. The SMILES string of the molecule is Cc1ccc(-n2c(C)cc(C(=O)CSc3nnc(-c4cccnc4)n3C3CC3)c2C)cc1C. The largest absolute Gasteiger partial charge is 0.318 e. The molecule has 0 radical (unpaired) electrons. The Morgan fingerprint density at radius 1 is 1.06 bits per heavy atom. The van der Waals surface area contributed by atoms with Gasteiger partial charge in [0.05, 0.1) is 5.75 Å². The van der Waals surface area contributed by atoms with Crippen LogP contribution in [0.3, 0.4) is 0 Å². The van der Waals surface area contributed by atoms with Crippen molar-refractivity contribution in [3.8, 4) is 17.1 Å². The second-order valence-electron chi connectivity index (χ2n) is 8.75. The second kappa shape index (κ2) is 8.63. The first-order chi connectivity index (χ1) is 15.9. The lowest BCUT2D eigenvalue weighted by Crippen LogP contribution is -2.07. The number of rotatable bonds is 7. The molecule has 0 spiro atoms. The molecule has 33 heavy (non-hydrogen) atoms. The molecule has 7 heteroatoms. The molecule has 1 saturated carbocycles. The van der Waals surface area contributed by atoms with Gasteiger partial charge in [-0.3, -0.25) is 14.3 Å². The Hall–Kier alpha value is -3.19. The average molecular weight is 458 g/mol. The summed E-state index contributed by atoms with van der Waals surface area (Å²) in [6, 6.07) is 12.7. The van der Waals surface area contributed by atoms with Crippen molar-refractivity contribution in [1.82, 2.24) is 24.3 Å². The smallest absolute Gasteiger partial charge is 0.192 e. The minimum atomic E-state index is 0.108. The van der Waals surface area contributed by atoms with Crippen molar-refractivity contribution in [2.75, 3.05) is 5.75 Å². The van der Waals surface area contributed by atoms with Crippen molar-refractivity contribution in [2.24, 2.45) is 0 Å². The fourth-order valence-electron chi connectivity index (χ4n) is 4.24. The Labute approximate surface area is 198 Å². The predicted octanol–water partition coefficient (Wildman–Crippen LogP) is 5.67. The highest BCUT2D eigenvalue weighted by atomic mass is 32.2. The zero-order valence-electron chi connectivity index (χ0n) is 19.4. The number of ketones is 1. The van der Waals surface area contributed by atoms with Crippen molar-refractivity contribution in [2.45, 2.75) is 51.7 Å². The third-order valence-electron chi connectivity index (χ3n) is 6.31. The van der Waals surface area contributed by atoms with Crippen molar-refractivity contribution in [3.05, 3.63) is 76.9 Å². The van der Waals surface area contributed by atoms with E-state index >= 15 is 0 Å². The van der Waals surface area contributed by atoms with Crippen LogP contribution in [0.15, 0.2) is 53.9 Å². The van der Waals surface area contributed by atoms with E-state index < -0.39 is 0 Å². The molecule has 0 unspecified atom stereocenters. The molecule has 1 fully saturated rings. The van der Waals surface area contributed by atoms with Crippen LogP contribution in [0, 0.1) is 27.7 Å². The molecule has 3 heterocycles. The van der Waals surface area contributed by atoms with Gasteiger partial charge in [-0.2, -0.15) is 0 Å². The minimum absolute atomic E-state index is 0.108. The maximum absolute atomic E-state index is 13.2. The molecular formula is C26H27N5OS. The van der Waals surface area contributed by atoms with E-state index in [0.717, 1.165) is 52.0 Å².